The van der Waals surface area contributed by atoms with Crippen LogP contribution in [-0.4, -0.2) is 28.6 Å². The van der Waals surface area contributed by atoms with Crippen LogP contribution in [0, 0.1) is 20.8 Å². The largest absolute Gasteiger partial charge is 0.483 e. The molecule has 0 aliphatic rings. The Morgan fingerprint density at radius 3 is 2.61 bits per heavy atom. The summed E-state index contributed by atoms with van der Waals surface area (Å²) in [5, 5.41) is 2.97. The number of imidazole rings is 1. The Labute approximate surface area is 195 Å². The number of fused-ring (bicyclic) bond motifs is 1. The van der Waals surface area contributed by atoms with Gasteiger partial charge in [0.05, 0.1) is 11.0 Å². The normalized spacial score (nSPS) is 11.0. The van der Waals surface area contributed by atoms with E-state index in [9.17, 15) is 4.79 Å². The Hall–Kier alpha value is -3.60. The van der Waals surface area contributed by atoms with Crippen LogP contribution in [0.25, 0.3) is 11.0 Å². The van der Waals surface area contributed by atoms with Crippen molar-refractivity contribution in [1.82, 2.24) is 14.9 Å². The van der Waals surface area contributed by atoms with Crippen LogP contribution in [0.5, 0.6) is 5.75 Å². The van der Waals surface area contributed by atoms with Gasteiger partial charge in [-0.15, -0.1) is 0 Å². The summed E-state index contributed by atoms with van der Waals surface area (Å²) in [7, 11) is 0. The van der Waals surface area contributed by atoms with Gasteiger partial charge in [0.25, 0.3) is 5.91 Å². The minimum absolute atomic E-state index is 0.0239. The highest BCUT2D eigenvalue weighted by molar-refractivity contribution is 5.77. The number of carbonyl (C=O) groups excluding carboxylic acids is 1. The molecule has 0 unspecified atom stereocenters. The van der Waals surface area contributed by atoms with E-state index in [-0.39, 0.29) is 12.5 Å². The second kappa shape index (κ2) is 10.3. The van der Waals surface area contributed by atoms with Gasteiger partial charge < -0.3 is 14.6 Å². The van der Waals surface area contributed by atoms with Crippen LogP contribution < -0.4 is 10.1 Å². The SMILES string of the molecule is Cc1ccc(C)c(OCC(=O)NCCCc2nc3ccccc3n2Cc2ccccc2C)c1. The van der Waals surface area contributed by atoms with Gasteiger partial charge in [0.1, 0.15) is 11.6 Å². The van der Waals surface area contributed by atoms with Gasteiger partial charge >= 0.3 is 0 Å². The van der Waals surface area contributed by atoms with Crippen LogP contribution in [0.1, 0.15) is 34.5 Å². The Morgan fingerprint density at radius 1 is 0.970 bits per heavy atom. The van der Waals surface area contributed by atoms with Crippen LogP contribution in [0.4, 0.5) is 0 Å². The maximum absolute atomic E-state index is 12.3. The maximum atomic E-state index is 12.3. The summed E-state index contributed by atoms with van der Waals surface area (Å²) in [6, 6.07) is 22.7. The van der Waals surface area contributed by atoms with Crippen molar-refractivity contribution in [2.24, 2.45) is 0 Å². The predicted molar refractivity (Wildman–Crippen MR) is 133 cm³/mol. The van der Waals surface area contributed by atoms with Crippen molar-refractivity contribution in [3.63, 3.8) is 0 Å². The van der Waals surface area contributed by atoms with E-state index in [1.54, 1.807) is 0 Å². The number of nitrogens with one attached hydrogen (secondary N) is 1. The number of para-hydroxylation sites is 2. The van der Waals surface area contributed by atoms with E-state index in [0.29, 0.717) is 6.54 Å². The first-order chi connectivity index (χ1) is 16.0. The first kappa shape index (κ1) is 22.6. The number of ether oxygens (including phenoxy) is 1. The van der Waals surface area contributed by atoms with E-state index in [1.807, 2.05) is 38.1 Å². The third-order valence-electron chi connectivity index (χ3n) is 5.93. The zero-order chi connectivity index (χ0) is 23.2. The lowest BCUT2D eigenvalue weighted by Crippen LogP contribution is -2.30. The quantitative estimate of drug-likeness (QED) is 0.366. The Kier molecular flexibility index (Phi) is 7.08. The number of rotatable bonds is 9. The van der Waals surface area contributed by atoms with Crippen molar-refractivity contribution in [3.05, 3.63) is 94.8 Å². The van der Waals surface area contributed by atoms with Crippen LogP contribution in [0.15, 0.2) is 66.7 Å². The molecule has 0 atom stereocenters. The van der Waals surface area contributed by atoms with E-state index in [0.717, 1.165) is 53.1 Å². The molecule has 170 valence electrons. The maximum Gasteiger partial charge on any atom is 0.257 e. The van der Waals surface area contributed by atoms with Gasteiger partial charge in [-0.3, -0.25) is 4.79 Å². The predicted octanol–water partition coefficient (Wildman–Crippen LogP) is 5.14. The number of benzene rings is 3. The second-order valence-electron chi connectivity index (χ2n) is 8.54. The Morgan fingerprint density at radius 2 is 1.76 bits per heavy atom. The van der Waals surface area contributed by atoms with Crippen LogP contribution in [0.3, 0.4) is 0 Å². The van der Waals surface area contributed by atoms with Crippen molar-refractivity contribution in [2.75, 3.05) is 13.2 Å². The van der Waals surface area contributed by atoms with Crippen molar-refractivity contribution >= 4 is 16.9 Å². The van der Waals surface area contributed by atoms with Crippen molar-refractivity contribution in [3.8, 4) is 5.75 Å². The highest BCUT2D eigenvalue weighted by Gasteiger charge is 2.12. The van der Waals surface area contributed by atoms with E-state index in [2.05, 4.69) is 59.3 Å². The molecule has 1 heterocycles. The molecule has 0 saturated carbocycles. The molecule has 1 amide bonds. The first-order valence-electron chi connectivity index (χ1n) is 11.5. The molecule has 5 nitrogen and oxygen atoms in total. The number of aromatic nitrogens is 2. The molecule has 4 aromatic rings. The van der Waals surface area contributed by atoms with Gasteiger partial charge in [0.15, 0.2) is 6.61 Å². The number of carbonyl (C=O) groups is 1. The molecule has 0 radical (unpaired) electrons. The van der Waals surface area contributed by atoms with Gasteiger partial charge in [0.2, 0.25) is 0 Å². The van der Waals surface area contributed by atoms with Gasteiger partial charge in [0, 0.05) is 19.5 Å². The summed E-state index contributed by atoms with van der Waals surface area (Å²) < 4.78 is 8.00. The number of amides is 1. The Bertz CT molecular complexity index is 1260. The topological polar surface area (TPSA) is 56.1 Å². The van der Waals surface area contributed by atoms with Crippen LogP contribution in [-0.2, 0) is 17.8 Å². The van der Waals surface area contributed by atoms with Crippen molar-refractivity contribution in [2.45, 2.75) is 40.2 Å². The summed E-state index contributed by atoms with van der Waals surface area (Å²) in [5.74, 6) is 1.69. The smallest absolute Gasteiger partial charge is 0.257 e. The van der Waals surface area contributed by atoms with Gasteiger partial charge in [-0.1, -0.05) is 48.5 Å². The standard InChI is InChI=1S/C28H31N3O2/c1-20-14-15-22(3)26(17-20)33-19-28(32)29-16-8-13-27-30-24-11-6-7-12-25(24)31(27)18-23-10-5-4-9-21(23)2/h4-7,9-12,14-15,17H,8,13,16,18-19H2,1-3H3,(H,29,32). The molecular formula is C28H31N3O2. The molecule has 33 heavy (non-hydrogen) atoms. The Balaban J connectivity index is 1.35. The fourth-order valence-corrected chi connectivity index (χ4v) is 3.98. The first-order valence-corrected chi connectivity index (χ1v) is 11.5. The highest BCUT2D eigenvalue weighted by Crippen LogP contribution is 2.21. The average molecular weight is 442 g/mol. The summed E-state index contributed by atoms with van der Waals surface area (Å²) >= 11 is 0. The summed E-state index contributed by atoms with van der Waals surface area (Å²) in [4.78, 5) is 17.1. The molecule has 3 aromatic carbocycles. The minimum atomic E-state index is -0.107. The molecule has 0 saturated heterocycles. The number of nitrogens with zero attached hydrogens (tertiary/aromatic N) is 2. The molecule has 0 spiro atoms. The summed E-state index contributed by atoms with van der Waals surface area (Å²) in [6.45, 7) is 7.54. The van der Waals surface area contributed by atoms with Crippen LogP contribution >= 0.6 is 0 Å². The van der Waals surface area contributed by atoms with Crippen molar-refractivity contribution in [1.29, 1.82) is 0 Å². The highest BCUT2D eigenvalue weighted by atomic mass is 16.5. The molecule has 4 rings (SSSR count). The second-order valence-corrected chi connectivity index (χ2v) is 8.54. The van der Waals surface area contributed by atoms with E-state index in [1.165, 1.54) is 11.1 Å². The third kappa shape index (κ3) is 5.61. The lowest BCUT2D eigenvalue weighted by atomic mass is 10.1. The van der Waals surface area contributed by atoms with Gasteiger partial charge in [-0.25, -0.2) is 4.98 Å². The lowest BCUT2D eigenvalue weighted by molar-refractivity contribution is -0.123. The molecule has 5 heteroatoms. The summed E-state index contributed by atoms with van der Waals surface area (Å²) in [5.41, 5.74) is 6.86. The number of aryl methyl sites for hydroxylation is 4. The van der Waals surface area contributed by atoms with E-state index in [4.69, 9.17) is 9.72 Å². The minimum Gasteiger partial charge on any atom is -0.483 e. The van der Waals surface area contributed by atoms with Crippen LogP contribution in [0.2, 0.25) is 0 Å². The number of hydrogen-bond acceptors (Lipinski definition) is 3. The fourth-order valence-electron chi connectivity index (χ4n) is 3.98. The zero-order valence-electron chi connectivity index (χ0n) is 19.6. The monoisotopic (exact) mass is 441 g/mol. The van der Waals surface area contributed by atoms with Gasteiger partial charge in [-0.05, 0) is 67.6 Å². The van der Waals surface area contributed by atoms with E-state index >= 15 is 0 Å². The third-order valence-corrected chi connectivity index (χ3v) is 5.93. The van der Waals surface area contributed by atoms with E-state index < -0.39 is 0 Å². The molecule has 1 aromatic heterocycles. The molecule has 0 aliphatic heterocycles. The lowest BCUT2D eigenvalue weighted by Gasteiger charge is -2.12. The van der Waals surface area contributed by atoms with Gasteiger partial charge in [-0.2, -0.15) is 0 Å². The average Bonchev–Trinajstić information content (AvgIpc) is 3.16. The molecule has 0 aliphatic carbocycles. The molecule has 0 fully saturated rings. The zero-order valence-corrected chi connectivity index (χ0v) is 19.6. The number of hydrogen-bond donors (Lipinski definition) is 1. The summed E-state index contributed by atoms with van der Waals surface area (Å²) in [6.07, 6.45) is 1.60. The molecule has 1 N–H and O–H groups in total. The fraction of sp³-hybridized carbons (Fsp3) is 0.286. The molecule has 0 bridgehead atoms. The molecular weight excluding hydrogens is 410 g/mol. The van der Waals surface area contributed by atoms with Crippen molar-refractivity contribution < 1.29 is 9.53 Å².